The van der Waals surface area contributed by atoms with Crippen molar-refractivity contribution in [2.24, 2.45) is 0 Å². The number of carbonyl (C=O) groups is 2. The summed E-state index contributed by atoms with van der Waals surface area (Å²) in [6, 6.07) is 0. The average Bonchev–Trinajstić information content (AvgIpc) is 2.71. The molecule has 6 heteroatoms. The van der Waals surface area contributed by atoms with Gasteiger partial charge in [-0.3, -0.25) is 9.59 Å². The van der Waals surface area contributed by atoms with Gasteiger partial charge in [0.05, 0.1) is 11.1 Å². The van der Waals surface area contributed by atoms with E-state index in [9.17, 15) is 9.59 Å². The van der Waals surface area contributed by atoms with E-state index in [0.29, 0.717) is 18.0 Å². The van der Waals surface area contributed by atoms with Gasteiger partial charge in [0.15, 0.2) is 10.9 Å². The van der Waals surface area contributed by atoms with Crippen molar-refractivity contribution in [1.29, 1.82) is 0 Å². The highest BCUT2D eigenvalue weighted by Gasteiger charge is 2.39. The molecule has 0 atom stereocenters. The molecule has 2 heterocycles. The zero-order valence-corrected chi connectivity index (χ0v) is 10.9. The Labute approximate surface area is 104 Å². The molecule has 1 saturated heterocycles. The summed E-state index contributed by atoms with van der Waals surface area (Å²) in [6.45, 7) is 6.55. The molecule has 0 saturated carbocycles. The van der Waals surface area contributed by atoms with Gasteiger partial charge in [-0.05, 0) is 13.8 Å². The third-order valence-electron chi connectivity index (χ3n) is 2.92. The minimum absolute atomic E-state index is 0.00742. The zero-order chi connectivity index (χ0) is 12.6. The molecular weight excluding hydrogens is 238 g/mol. The maximum atomic E-state index is 11.8. The van der Waals surface area contributed by atoms with E-state index in [2.05, 4.69) is 10.3 Å². The summed E-state index contributed by atoms with van der Waals surface area (Å²) in [5.41, 5.74) is -0.621. The molecule has 1 aromatic heterocycles. The molecule has 17 heavy (non-hydrogen) atoms. The molecule has 0 radical (unpaired) electrons. The van der Waals surface area contributed by atoms with Crippen LogP contribution >= 0.6 is 11.3 Å². The Morgan fingerprint density at radius 2 is 2.29 bits per heavy atom. The molecular formula is C11H15N3O2S. The molecule has 0 bridgehead atoms. The van der Waals surface area contributed by atoms with Crippen LogP contribution in [0.2, 0.25) is 0 Å². The number of ketones is 1. The summed E-state index contributed by atoms with van der Waals surface area (Å²) in [6.07, 6.45) is 1.57. The topological polar surface area (TPSA) is 62.3 Å². The fourth-order valence-corrected chi connectivity index (χ4v) is 2.77. The summed E-state index contributed by atoms with van der Waals surface area (Å²) in [7, 11) is 0. The number of carbonyl (C=O) groups excluding carboxylic acids is 2. The third-order valence-corrected chi connectivity index (χ3v) is 4.04. The first kappa shape index (κ1) is 12.0. The third kappa shape index (κ3) is 2.04. The molecule has 0 spiro atoms. The Morgan fingerprint density at radius 3 is 2.88 bits per heavy atom. The van der Waals surface area contributed by atoms with Gasteiger partial charge in [-0.15, -0.1) is 0 Å². The molecule has 2 rings (SSSR count). The second-order valence-corrected chi connectivity index (χ2v) is 5.54. The van der Waals surface area contributed by atoms with Crippen LogP contribution in [0.5, 0.6) is 0 Å². The fraction of sp³-hybridized carbons (Fsp3) is 0.545. The first-order valence-corrected chi connectivity index (χ1v) is 6.27. The summed E-state index contributed by atoms with van der Waals surface area (Å²) >= 11 is 1.34. The van der Waals surface area contributed by atoms with Gasteiger partial charge in [0.1, 0.15) is 5.54 Å². The number of anilines is 1. The highest BCUT2D eigenvalue weighted by molar-refractivity contribution is 7.17. The molecule has 1 fully saturated rings. The van der Waals surface area contributed by atoms with Crippen molar-refractivity contribution >= 4 is 28.2 Å². The number of piperazine rings is 1. The molecule has 1 aromatic rings. The molecule has 0 aliphatic carbocycles. The Hall–Kier alpha value is -1.43. The quantitative estimate of drug-likeness (QED) is 0.801. The minimum Gasteiger partial charge on any atom is -0.352 e. The van der Waals surface area contributed by atoms with Crippen LogP contribution in [0.15, 0.2) is 6.20 Å². The van der Waals surface area contributed by atoms with E-state index in [1.165, 1.54) is 18.3 Å². The molecule has 1 N–H and O–H groups in total. The second kappa shape index (κ2) is 4.10. The molecule has 1 aliphatic heterocycles. The van der Waals surface area contributed by atoms with Crippen molar-refractivity contribution in [2.75, 3.05) is 18.0 Å². The Morgan fingerprint density at radius 1 is 1.59 bits per heavy atom. The van der Waals surface area contributed by atoms with E-state index < -0.39 is 5.54 Å². The maximum absolute atomic E-state index is 11.8. The van der Waals surface area contributed by atoms with Crippen LogP contribution in [0.1, 0.15) is 30.4 Å². The van der Waals surface area contributed by atoms with Crippen LogP contribution in [0, 0.1) is 0 Å². The summed E-state index contributed by atoms with van der Waals surface area (Å²) in [5.74, 6) is -0.00339. The van der Waals surface area contributed by atoms with Crippen LogP contribution in [0.4, 0.5) is 5.13 Å². The van der Waals surface area contributed by atoms with Crippen molar-refractivity contribution in [2.45, 2.75) is 26.3 Å². The van der Waals surface area contributed by atoms with E-state index in [4.69, 9.17) is 0 Å². The summed E-state index contributed by atoms with van der Waals surface area (Å²) < 4.78 is 0. The largest absolute Gasteiger partial charge is 0.352 e. The van der Waals surface area contributed by atoms with Gasteiger partial charge in [-0.2, -0.15) is 0 Å². The lowest BCUT2D eigenvalue weighted by molar-refractivity contribution is -0.126. The minimum atomic E-state index is -0.621. The first-order valence-electron chi connectivity index (χ1n) is 5.45. The molecule has 5 nitrogen and oxygen atoms in total. The number of hydrogen-bond donors (Lipinski definition) is 1. The van der Waals surface area contributed by atoms with Crippen molar-refractivity contribution in [1.82, 2.24) is 10.3 Å². The number of thiazole rings is 1. The van der Waals surface area contributed by atoms with Crippen molar-refractivity contribution < 1.29 is 9.59 Å². The van der Waals surface area contributed by atoms with Crippen LogP contribution in [-0.2, 0) is 4.79 Å². The lowest BCUT2D eigenvalue weighted by Crippen LogP contribution is -2.62. The Bertz CT molecular complexity index is 467. The van der Waals surface area contributed by atoms with Gasteiger partial charge in [0.25, 0.3) is 0 Å². The number of aromatic nitrogens is 1. The SMILES string of the molecule is CC(=O)c1cnc(N2CCNC(=O)C2(C)C)s1. The molecule has 0 unspecified atom stereocenters. The van der Waals surface area contributed by atoms with Crippen LogP contribution in [0.3, 0.4) is 0 Å². The summed E-state index contributed by atoms with van der Waals surface area (Å²) in [5, 5.41) is 3.56. The van der Waals surface area contributed by atoms with Crippen LogP contribution in [-0.4, -0.2) is 35.3 Å². The zero-order valence-electron chi connectivity index (χ0n) is 10.1. The number of Topliss-reactive ketones (excluding diaryl/α,β-unsaturated/α-hetero) is 1. The van der Waals surface area contributed by atoms with Gasteiger partial charge in [0.2, 0.25) is 5.91 Å². The second-order valence-electron chi connectivity index (χ2n) is 4.53. The molecule has 92 valence electrons. The lowest BCUT2D eigenvalue weighted by Gasteiger charge is -2.40. The van der Waals surface area contributed by atoms with Gasteiger partial charge in [0, 0.05) is 20.0 Å². The average molecular weight is 253 g/mol. The number of rotatable bonds is 2. The van der Waals surface area contributed by atoms with Crippen molar-refractivity contribution in [3.05, 3.63) is 11.1 Å². The van der Waals surface area contributed by atoms with Crippen LogP contribution in [0.25, 0.3) is 0 Å². The van der Waals surface area contributed by atoms with Crippen molar-refractivity contribution in [3.63, 3.8) is 0 Å². The molecule has 0 aromatic carbocycles. The maximum Gasteiger partial charge on any atom is 0.245 e. The molecule has 1 amide bonds. The number of nitrogens with one attached hydrogen (secondary N) is 1. The number of amides is 1. The predicted molar refractivity (Wildman–Crippen MR) is 66.6 cm³/mol. The van der Waals surface area contributed by atoms with Gasteiger partial charge in [-0.25, -0.2) is 4.98 Å². The van der Waals surface area contributed by atoms with Gasteiger partial charge < -0.3 is 10.2 Å². The smallest absolute Gasteiger partial charge is 0.245 e. The van der Waals surface area contributed by atoms with E-state index >= 15 is 0 Å². The predicted octanol–water partition coefficient (Wildman–Crippen LogP) is 1.06. The lowest BCUT2D eigenvalue weighted by atomic mass is 10.00. The number of hydrogen-bond acceptors (Lipinski definition) is 5. The van der Waals surface area contributed by atoms with E-state index in [1.807, 2.05) is 18.7 Å². The van der Waals surface area contributed by atoms with Crippen LogP contribution < -0.4 is 10.2 Å². The highest BCUT2D eigenvalue weighted by Crippen LogP contribution is 2.30. The monoisotopic (exact) mass is 253 g/mol. The van der Waals surface area contributed by atoms with Gasteiger partial charge in [-0.1, -0.05) is 11.3 Å². The standard InChI is InChI=1S/C11H15N3O2S/c1-7(15)8-6-13-10(17-8)14-5-4-12-9(16)11(14,2)3/h6H,4-5H2,1-3H3,(H,12,16). The normalized spacial score (nSPS) is 19.0. The van der Waals surface area contributed by atoms with Crippen molar-refractivity contribution in [3.8, 4) is 0 Å². The highest BCUT2D eigenvalue weighted by atomic mass is 32.1. The van der Waals surface area contributed by atoms with E-state index in [0.717, 1.165) is 5.13 Å². The fourth-order valence-electron chi connectivity index (χ4n) is 1.79. The van der Waals surface area contributed by atoms with Gasteiger partial charge >= 0.3 is 0 Å². The summed E-state index contributed by atoms with van der Waals surface area (Å²) in [4.78, 5) is 29.8. The van der Waals surface area contributed by atoms with E-state index in [-0.39, 0.29) is 11.7 Å². The molecule has 1 aliphatic rings. The number of nitrogens with zero attached hydrogens (tertiary/aromatic N) is 2. The first-order chi connectivity index (χ1) is 7.93. The Balaban J connectivity index is 2.31. The van der Waals surface area contributed by atoms with E-state index in [1.54, 1.807) is 6.20 Å². The Kier molecular flexibility index (Phi) is 2.91.